The molecule has 0 spiro atoms. The average Bonchev–Trinajstić information content (AvgIpc) is 2.60. The number of hydrogen-bond acceptors (Lipinski definition) is 4. The molecule has 1 unspecified atom stereocenters. The molecule has 1 aromatic carbocycles. The first-order valence-corrected chi connectivity index (χ1v) is 8.49. The highest BCUT2D eigenvalue weighted by Gasteiger charge is 2.40. The summed E-state index contributed by atoms with van der Waals surface area (Å²) in [6.45, 7) is 6.59. The molecule has 1 aliphatic heterocycles. The molecule has 0 saturated heterocycles. The van der Waals surface area contributed by atoms with Gasteiger partial charge in [0.05, 0.1) is 11.8 Å². The molecule has 112 valence electrons. The van der Waals surface area contributed by atoms with Crippen molar-refractivity contribution in [2.24, 2.45) is 0 Å². The maximum atomic E-state index is 11.6. The summed E-state index contributed by atoms with van der Waals surface area (Å²) in [6.07, 6.45) is 0. The van der Waals surface area contributed by atoms with Gasteiger partial charge >= 0.3 is 0 Å². The standard InChI is InChI=1S/C14H22N2O3S/c1-4-16-20(17,18)10-9-15-13-11-7-5-6-8-12(11)19-14(13,2)3/h5-8,13,15-16H,4,9-10H2,1-3H3. The molecule has 6 heteroatoms. The quantitative estimate of drug-likeness (QED) is 0.833. The minimum absolute atomic E-state index is 0.00414. The van der Waals surface area contributed by atoms with E-state index in [2.05, 4.69) is 10.0 Å². The summed E-state index contributed by atoms with van der Waals surface area (Å²) >= 11 is 0. The summed E-state index contributed by atoms with van der Waals surface area (Å²) in [6, 6.07) is 7.85. The first-order valence-electron chi connectivity index (χ1n) is 6.84. The van der Waals surface area contributed by atoms with Crippen molar-refractivity contribution in [2.45, 2.75) is 32.4 Å². The zero-order chi connectivity index (χ0) is 14.8. The van der Waals surface area contributed by atoms with E-state index in [-0.39, 0.29) is 17.4 Å². The lowest BCUT2D eigenvalue weighted by atomic mass is 9.94. The van der Waals surface area contributed by atoms with E-state index in [4.69, 9.17) is 4.74 Å². The lowest BCUT2D eigenvalue weighted by molar-refractivity contribution is 0.0974. The molecule has 1 heterocycles. The monoisotopic (exact) mass is 298 g/mol. The smallest absolute Gasteiger partial charge is 0.212 e. The van der Waals surface area contributed by atoms with Gasteiger partial charge in [-0.15, -0.1) is 0 Å². The van der Waals surface area contributed by atoms with E-state index in [0.29, 0.717) is 13.1 Å². The fourth-order valence-electron chi connectivity index (χ4n) is 2.51. The van der Waals surface area contributed by atoms with Crippen LogP contribution in [-0.2, 0) is 10.0 Å². The molecule has 1 aromatic rings. The Bertz CT molecular complexity index is 570. The van der Waals surface area contributed by atoms with Crippen molar-refractivity contribution in [3.8, 4) is 5.75 Å². The zero-order valence-corrected chi connectivity index (χ0v) is 13.0. The number of ether oxygens (including phenoxy) is 1. The van der Waals surface area contributed by atoms with Crippen LogP contribution < -0.4 is 14.8 Å². The number of sulfonamides is 1. The minimum Gasteiger partial charge on any atom is -0.486 e. The van der Waals surface area contributed by atoms with Gasteiger partial charge in [-0.05, 0) is 19.9 Å². The Morgan fingerprint density at radius 1 is 1.30 bits per heavy atom. The van der Waals surface area contributed by atoms with Crippen LogP contribution in [-0.4, -0.2) is 32.9 Å². The Balaban J connectivity index is 2.02. The molecule has 0 radical (unpaired) electrons. The summed E-state index contributed by atoms with van der Waals surface area (Å²) in [5, 5.41) is 3.30. The Morgan fingerprint density at radius 2 is 2.00 bits per heavy atom. The second kappa shape index (κ2) is 5.71. The molecule has 0 fully saturated rings. The molecule has 0 saturated carbocycles. The number of nitrogens with one attached hydrogen (secondary N) is 2. The lowest BCUT2D eigenvalue weighted by Crippen LogP contribution is -2.41. The van der Waals surface area contributed by atoms with Gasteiger partial charge in [0.1, 0.15) is 11.4 Å². The summed E-state index contributed by atoms with van der Waals surface area (Å²) < 4.78 is 31.7. The molecule has 5 nitrogen and oxygen atoms in total. The van der Waals surface area contributed by atoms with E-state index in [0.717, 1.165) is 11.3 Å². The van der Waals surface area contributed by atoms with Crippen LogP contribution in [0.4, 0.5) is 0 Å². The highest BCUT2D eigenvalue weighted by Crippen LogP contribution is 2.42. The molecule has 1 atom stereocenters. The van der Waals surface area contributed by atoms with Crippen molar-refractivity contribution < 1.29 is 13.2 Å². The highest BCUT2D eigenvalue weighted by molar-refractivity contribution is 7.89. The molecule has 20 heavy (non-hydrogen) atoms. The van der Waals surface area contributed by atoms with E-state index in [9.17, 15) is 8.42 Å². The van der Waals surface area contributed by atoms with E-state index in [1.54, 1.807) is 6.92 Å². The van der Waals surface area contributed by atoms with Crippen LogP contribution >= 0.6 is 0 Å². The Kier molecular flexibility index (Phi) is 4.36. The lowest BCUT2D eigenvalue weighted by Gasteiger charge is -2.27. The third kappa shape index (κ3) is 3.31. The molecule has 0 bridgehead atoms. The maximum Gasteiger partial charge on any atom is 0.212 e. The fraction of sp³-hybridized carbons (Fsp3) is 0.571. The predicted octanol–water partition coefficient (Wildman–Crippen LogP) is 1.43. The second-order valence-electron chi connectivity index (χ2n) is 5.45. The van der Waals surface area contributed by atoms with Crippen molar-refractivity contribution in [2.75, 3.05) is 18.8 Å². The van der Waals surface area contributed by atoms with Crippen LogP contribution in [0.3, 0.4) is 0 Å². The highest BCUT2D eigenvalue weighted by atomic mass is 32.2. The van der Waals surface area contributed by atoms with Gasteiger partial charge in [0.2, 0.25) is 10.0 Å². The van der Waals surface area contributed by atoms with Crippen molar-refractivity contribution in [3.63, 3.8) is 0 Å². The zero-order valence-electron chi connectivity index (χ0n) is 12.1. The predicted molar refractivity (Wildman–Crippen MR) is 79.4 cm³/mol. The van der Waals surface area contributed by atoms with E-state index in [1.165, 1.54) is 0 Å². The number of para-hydroxylation sites is 1. The molecule has 0 amide bonds. The van der Waals surface area contributed by atoms with Crippen molar-refractivity contribution in [3.05, 3.63) is 29.8 Å². The SMILES string of the molecule is CCNS(=O)(=O)CCNC1c2ccccc2OC1(C)C. The summed E-state index contributed by atoms with van der Waals surface area (Å²) in [4.78, 5) is 0. The minimum atomic E-state index is -3.19. The topological polar surface area (TPSA) is 67.4 Å². The Hall–Kier alpha value is -1.11. The third-order valence-corrected chi connectivity index (χ3v) is 4.85. The normalized spacial score (nSPS) is 20.4. The van der Waals surface area contributed by atoms with Gasteiger partial charge in [-0.1, -0.05) is 25.1 Å². The summed E-state index contributed by atoms with van der Waals surface area (Å²) in [5.74, 6) is 0.930. The Morgan fingerprint density at radius 3 is 2.70 bits per heavy atom. The summed E-state index contributed by atoms with van der Waals surface area (Å²) in [7, 11) is -3.19. The molecule has 2 rings (SSSR count). The molecule has 0 aliphatic carbocycles. The molecule has 1 aliphatic rings. The van der Waals surface area contributed by atoms with Gasteiger partial charge in [0.25, 0.3) is 0 Å². The first kappa shape index (κ1) is 15.3. The average molecular weight is 298 g/mol. The fourth-order valence-corrected chi connectivity index (χ4v) is 3.48. The van der Waals surface area contributed by atoms with Crippen molar-refractivity contribution >= 4 is 10.0 Å². The second-order valence-corrected chi connectivity index (χ2v) is 7.37. The van der Waals surface area contributed by atoms with Crippen LogP contribution in [0.15, 0.2) is 24.3 Å². The van der Waals surface area contributed by atoms with Gasteiger partial charge < -0.3 is 10.1 Å². The van der Waals surface area contributed by atoms with Crippen LogP contribution in [0.1, 0.15) is 32.4 Å². The number of hydrogen-bond donors (Lipinski definition) is 2. The Labute approximate surface area is 120 Å². The number of benzene rings is 1. The van der Waals surface area contributed by atoms with E-state index in [1.807, 2.05) is 38.1 Å². The van der Waals surface area contributed by atoms with Gasteiger partial charge in [0, 0.05) is 18.7 Å². The largest absolute Gasteiger partial charge is 0.486 e. The molecular weight excluding hydrogens is 276 g/mol. The van der Waals surface area contributed by atoms with E-state index >= 15 is 0 Å². The maximum absolute atomic E-state index is 11.6. The van der Waals surface area contributed by atoms with Gasteiger partial charge in [-0.25, -0.2) is 13.1 Å². The number of fused-ring (bicyclic) bond motifs is 1. The number of rotatable bonds is 6. The first-order chi connectivity index (χ1) is 9.36. The molecular formula is C14H22N2O3S. The van der Waals surface area contributed by atoms with Crippen molar-refractivity contribution in [1.29, 1.82) is 0 Å². The van der Waals surface area contributed by atoms with Crippen LogP contribution in [0.25, 0.3) is 0 Å². The van der Waals surface area contributed by atoms with Gasteiger partial charge in [-0.2, -0.15) is 0 Å². The van der Waals surface area contributed by atoms with Crippen LogP contribution in [0.5, 0.6) is 5.75 Å². The summed E-state index contributed by atoms with van der Waals surface area (Å²) in [5.41, 5.74) is 0.699. The van der Waals surface area contributed by atoms with Crippen LogP contribution in [0.2, 0.25) is 0 Å². The van der Waals surface area contributed by atoms with Crippen LogP contribution in [0, 0.1) is 0 Å². The third-order valence-electron chi connectivity index (χ3n) is 3.38. The van der Waals surface area contributed by atoms with Gasteiger partial charge in [0.15, 0.2) is 0 Å². The molecule has 0 aromatic heterocycles. The van der Waals surface area contributed by atoms with E-state index < -0.39 is 10.0 Å². The van der Waals surface area contributed by atoms with Crippen molar-refractivity contribution in [1.82, 2.24) is 10.0 Å². The molecule has 2 N–H and O–H groups in total. The van der Waals surface area contributed by atoms with Gasteiger partial charge in [-0.3, -0.25) is 0 Å².